The lowest BCUT2D eigenvalue weighted by atomic mass is 10.2. The Bertz CT molecular complexity index is 705. The van der Waals surface area contributed by atoms with Gasteiger partial charge in [0.05, 0.1) is 0 Å². The summed E-state index contributed by atoms with van der Waals surface area (Å²) < 4.78 is 12.8. The summed E-state index contributed by atoms with van der Waals surface area (Å²) in [7, 11) is 0. The van der Waals surface area contributed by atoms with Gasteiger partial charge in [-0.2, -0.15) is 0 Å². The van der Waals surface area contributed by atoms with Crippen molar-refractivity contribution in [3.05, 3.63) is 70.5 Å². The molecule has 0 spiro atoms. The average Bonchev–Trinajstić information content (AvgIpc) is 2.61. The monoisotopic (exact) mass is 363 g/mol. The van der Waals surface area contributed by atoms with E-state index in [1.807, 2.05) is 12.1 Å². The van der Waals surface area contributed by atoms with E-state index in [-0.39, 0.29) is 17.8 Å². The van der Waals surface area contributed by atoms with Gasteiger partial charge < -0.3 is 16.0 Å². The molecule has 0 atom stereocenters. The summed E-state index contributed by atoms with van der Waals surface area (Å²) in [4.78, 5) is 23.5. The van der Waals surface area contributed by atoms with Crippen molar-refractivity contribution in [1.82, 2.24) is 16.0 Å². The fourth-order valence-corrected chi connectivity index (χ4v) is 2.17. The van der Waals surface area contributed by atoms with Gasteiger partial charge in [-0.3, -0.25) is 4.79 Å². The topological polar surface area (TPSA) is 70.2 Å². The van der Waals surface area contributed by atoms with Crippen molar-refractivity contribution in [3.63, 3.8) is 0 Å². The molecule has 0 saturated carbocycles. The standard InChI is InChI=1S/C18H19ClFN3O2/c19-15-6-2-13(3-7-15)12-23-18(25)22-11-1-10-21-17(24)14-4-8-16(20)9-5-14/h2-9H,1,10-12H2,(H,21,24)(H2,22,23,25). The number of benzene rings is 2. The zero-order valence-corrected chi connectivity index (χ0v) is 14.3. The van der Waals surface area contributed by atoms with Crippen LogP contribution in [0.3, 0.4) is 0 Å². The van der Waals surface area contributed by atoms with Crippen molar-refractivity contribution in [3.8, 4) is 0 Å². The maximum absolute atomic E-state index is 12.8. The van der Waals surface area contributed by atoms with Crippen LogP contribution in [0.5, 0.6) is 0 Å². The molecule has 0 aliphatic carbocycles. The molecule has 0 saturated heterocycles. The Morgan fingerprint density at radius 2 is 1.52 bits per heavy atom. The van der Waals surface area contributed by atoms with E-state index in [0.717, 1.165) is 5.56 Å². The highest BCUT2D eigenvalue weighted by molar-refractivity contribution is 6.30. The van der Waals surface area contributed by atoms with Gasteiger partial charge in [-0.15, -0.1) is 0 Å². The number of halogens is 2. The summed E-state index contributed by atoms with van der Waals surface area (Å²) in [5, 5.41) is 8.80. The minimum atomic E-state index is -0.384. The lowest BCUT2D eigenvalue weighted by Crippen LogP contribution is -2.36. The van der Waals surface area contributed by atoms with Crippen molar-refractivity contribution in [2.45, 2.75) is 13.0 Å². The van der Waals surface area contributed by atoms with Crippen molar-refractivity contribution in [2.24, 2.45) is 0 Å². The zero-order valence-electron chi connectivity index (χ0n) is 13.5. The van der Waals surface area contributed by atoms with Crippen molar-refractivity contribution >= 4 is 23.5 Å². The van der Waals surface area contributed by atoms with E-state index in [4.69, 9.17) is 11.6 Å². The molecule has 2 rings (SSSR count). The van der Waals surface area contributed by atoms with Gasteiger partial charge in [0.1, 0.15) is 5.82 Å². The molecule has 2 aromatic carbocycles. The maximum atomic E-state index is 12.8. The summed E-state index contributed by atoms with van der Waals surface area (Å²) >= 11 is 5.79. The van der Waals surface area contributed by atoms with E-state index in [1.165, 1.54) is 24.3 Å². The minimum Gasteiger partial charge on any atom is -0.352 e. The third kappa shape index (κ3) is 6.81. The molecule has 3 N–H and O–H groups in total. The second-order valence-electron chi connectivity index (χ2n) is 5.35. The highest BCUT2D eigenvalue weighted by Gasteiger charge is 2.05. The number of rotatable bonds is 7. The molecule has 0 radical (unpaired) electrons. The van der Waals surface area contributed by atoms with Gasteiger partial charge in [0, 0.05) is 30.2 Å². The largest absolute Gasteiger partial charge is 0.352 e. The normalized spacial score (nSPS) is 10.2. The van der Waals surface area contributed by atoms with Crippen LogP contribution in [0.1, 0.15) is 22.3 Å². The Hall–Kier alpha value is -2.60. The smallest absolute Gasteiger partial charge is 0.315 e. The SMILES string of the molecule is O=C(NCCCNC(=O)c1ccc(F)cc1)NCc1ccc(Cl)cc1. The van der Waals surface area contributed by atoms with Gasteiger partial charge in [0.15, 0.2) is 0 Å². The van der Waals surface area contributed by atoms with Gasteiger partial charge in [-0.05, 0) is 48.4 Å². The van der Waals surface area contributed by atoms with Crippen LogP contribution in [0.25, 0.3) is 0 Å². The number of carbonyl (C=O) groups is 2. The molecular weight excluding hydrogens is 345 g/mol. The number of nitrogens with one attached hydrogen (secondary N) is 3. The van der Waals surface area contributed by atoms with E-state index in [0.29, 0.717) is 36.6 Å². The Balaban J connectivity index is 1.57. The van der Waals surface area contributed by atoms with E-state index in [9.17, 15) is 14.0 Å². The van der Waals surface area contributed by atoms with Crippen LogP contribution in [0, 0.1) is 5.82 Å². The van der Waals surface area contributed by atoms with Crippen LogP contribution in [0.15, 0.2) is 48.5 Å². The Morgan fingerprint density at radius 3 is 2.20 bits per heavy atom. The van der Waals surface area contributed by atoms with Crippen LogP contribution in [0.2, 0.25) is 5.02 Å². The van der Waals surface area contributed by atoms with Crippen LogP contribution >= 0.6 is 11.6 Å². The Morgan fingerprint density at radius 1 is 0.880 bits per heavy atom. The van der Waals surface area contributed by atoms with E-state index in [1.54, 1.807) is 12.1 Å². The first-order valence-corrected chi connectivity index (χ1v) is 8.22. The molecule has 0 unspecified atom stereocenters. The molecule has 0 aliphatic rings. The molecule has 7 heteroatoms. The van der Waals surface area contributed by atoms with E-state index < -0.39 is 0 Å². The molecular formula is C18H19ClFN3O2. The quantitative estimate of drug-likeness (QED) is 0.661. The zero-order chi connectivity index (χ0) is 18.1. The highest BCUT2D eigenvalue weighted by atomic mass is 35.5. The second-order valence-corrected chi connectivity index (χ2v) is 5.79. The predicted octanol–water partition coefficient (Wildman–Crippen LogP) is 3.10. The first-order chi connectivity index (χ1) is 12.0. The Labute approximate surface area is 150 Å². The molecule has 0 aromatic heterocycles. The highest BCUT2D eigenvalue weighted by Crippen LogP contribution is 2.09. The minimum absolute atomic E-state index is 0.271. The van der Waals surface area contributed by atoms with Gasteiger partial charge in [-0.25, -0.2) is 9.18 Å². The first kappa shape index (κ1) is 18.7. The maximum Gasteiger partial charge on any atom is 0.315 e. The van der Waals surface area contributed by atoms with E-state index >= 15 is 0 Å². The second kappa shape index (κ2) is 9.64. The van der Waals surface area contributed by atoms with E-state index in [2.05, 4.69) is 16.0 Å². The summed E-state index contributed by atoms with van der Waals surface area (Å²) in [5.74, 6) is -0.655. The molecule has 0 bridgehead atoms. The van der Waals surface area contributed by atoms with Gasteiger partial charge in [-0.1, -0.05) is 23.7 Å². The van der Waals surface area contributed by atoms with Crippen LogP contribution in [-0.2, 0) is 6.54 Å². The molecule has 3 amide bonds. The van der Waals surface area contributed by atoms with Crippen molar-refractivity contribution < 1.29 is 14.0 Å². The van der Waals surface area contributed by atoms with Crippen molar-refractivity contribution in [2.75, 3.05) is 13.1 Å². The predicted molar refractivity (Wildman–Crippen MR) is 95.0 cm³/mol. The summed E-state index contributed by atoms with van der Waals surface area (Å²) in [6.07, 6.45) is 0.585. The fraction of sp³-hybridized carbons (Fsp3) is 0.222. The number of hydrogen-bond donors (Lipinski definition) is 3. The molecule has 2 aromatic rings. The fourth-order valence-electron chi connectivity index (χ4n) is 2.04. The van der Waals surface area contributed by atoms with Crippen molar-refractivity contribution in [1.29, 1.82) is 0 Å². The van der Waals surface area contributed by atoms with Crippen LogP contribution in [-0.4, -0.2) is 25.0 Å². The van der Waals surface area contributed by atoms with Crippen LogP contribution < -0.4 is 16.0 Å². The average molecular weight is 364 g/mol. The van der Waals surface area contributed by atoms with Gasteiger partial charge in [0.2, 0.25) is 0 Å². The number of hydrogen-bond acceptors (Lipinski definition) is 2. The third-order valence-corrected chi connectivity index (χ3v) is 3.65. The number of amides is 3. The molecule has 0 fully saturated rings. The Kier molecular flexibility index (Phi) is 7.22. The van der Waals surface area contributed by atoms with Crippen LogP contribution in [0.4, 0.5) is 9.18 Å². The first-order valence-electron chi connectivity index (χ1n) is 7.84. The summed E-state index contributed by atoms with van der Waals surface area (Å²) in [6.45, 7) is 1.24. The van der Waals surface area contributed by atoms with Gasteiger partial charge in [0.25, 0.3) is 5.91 Å². The number of urea groups is 1. The summed E-state index contributed by atoms with van der Waals surface area (Å²) in [5.41, 5.74) is 1.35. The lowest BCUT2D eigenvalue weighted by molar-refractivity contribution is 0.0953. The van der Waals surface area contributed by atoms with Gasteiger partial charge >= 0.3 is 6.03 Å². The third-order valence-electron chi connectivity index (χ3n) is 3.40. The number of carbonyl (C=O) groups excluding carboxylic acids is 2. The molecule has 0 aliphatic heterocycles. The summed E-state index contributed by atoms with van der Waals surface area (Å²) in [6, 6.07) is 12.3. The lowest BCUT2D eigenvalue weighted by Gasteiger charge is -2.08. The molecule has 5 nitrogen and oxygen atoms in total. The molecule has 132 valence electrons. The molecule has 0 heterocycles. The molecule has 25 heavy (non-hydrogen) atoms.